The summed E-state index contributed by atoms with van der Waals surface area (Å²) in [4.78, 5) is 59.3. The molecule has 2 aliphatic heterocycles. The number of amides is 3. The molecule has 8 N–H and O–H groups in total. The fourth-order valence-corrected chi connectivity index (χ4v) is 7.49. The normalized spacial score (nSPS) is 19.2. The first-order chi connectivity index (χ1) is 24.4. The van der Waals surface area contributed by atoms with E-state index in [1.165, 1.54) is 6.07 Å². The van der Waals surface area contributed by atoms with Gasteiger partial charge in [0, 0.05) is 41.7 Å². The molecule has 51 heavy (non-hydrogen) atoms. The number of nitrogens with two attached hydrogens (primary N) is 2. The number of halogens is 1. The second-order valence-corrected chi connectivity index (χ2v) is 13.4. The van der Waals surface area contributed by atoms with Crippen molar-refractivity contribution in [1.29, 1.82) is 0 Å². The fourth-order valence-electron chi connectivity index (χ4n) is 7.49. The van der Waals surface area contributed by atoms with Crippen molar-refractivity contribution in [1.82, 2.24) is 25.2 Å². The van der Waals surface area contributed by atoms with Gasteiger partial charge in [0.1, 0.15) is 12.4 Å². The summed E-state index contributed by atoms with van der Waals surface area (Å²) in [5.74, 6) is -1.53. The molecule has 1 aliphatic carbocycles. The Kier molecular flexibility index (Phi) is 8.81. The molecule has 3 amide bonds. The molecule has 1 aromatic carbocycles. The van der Waals surface area contributed by atoms with Crippen LogP contribution < -0.4 is 33.0 Å². The van der Waals surface area contributed by atoms with Gasteiger partial charge in [-0.1, -0.05) is 6.92 Å². The maximum Gasteiger partial charge on any atom is 0.343 e. The predicted molar refractivity (Wildman–Crippen MR) is 185 cm³/mol. The topological polar surface area (TPSA) is 217 Å². The Balaban J connectivity index is 1.16. The molecule has 5 heterocycles. The lowest BCUT2D eigenvalue weighted by Crippen LogP contribution is -2.44. The number of pyridine rings is 3. The molecule has 3 atom stereocenters. The van der Waals surface area contributed by atoms with Gasteiger partial charge in [-0.3, -0.25) is 14.6 Å². The van der Waals surface area contributed by atoms with Crippen molar-refractivity contribution in [3.05, 3.63) is 85.7 Å². The van der Waals surface area contributed by atoms with Gasteiger partial charge in [0.2, 0.25) is 5.91 Å². The minimum Gasteiger partial charge on any atom is -0.458 e. The molecule has 0 saturated heterocycles. The van der Waals surface area contributed by atoms with E-state index in [4.69, 9.17) is 21.2 Å². The second-order valence-electron chi connectivity index (χ2n) is 13.4. The van der Waals surface area contributed by atoms with Crippen molar-refractivity contribution in [2.75, 3.05) is 11.9 Å². The molecule has 3 aliphatic rings. The quantitative estimate of drug-likeness (QED) is 0.0925. The van der Waals surface area contributed by atoms with Crippen LogP contribution in [0.15, 0.2) is 35.3 Å². The monoisotopic (exact) mass is 698 g/mol. The Bertz CT molecular complexity index is 2170. The van der Waals surface area contributed by atoms with Gasteiger partial charge in [0.05, 0.1) is 52.6 Å². The van der Waals surface area contributed by atoms with E-state index in [1.54, 1.807) is 42.8 Å². The van der Waals surface area contributed by atoms with E-state index in [0.717, 1.165) is 22.1 Å². The van der Waals surface area contributed by atoms with E-state index in [0.29, 0.717) is 72.6 Å². The van der Waals surface area contributed by atoms with Crippen LogP contribution in [0.25, 0.3) is 22.3 Å². The van der Waals surface area contributed by atoms with Crippen LogP contribution in [0.5, 0.6) is 0 Å². The molecule has 7 rings (SSSR count). The SMILES string of the molecule is CC[C@@]1(O)C(=O)OCc2c1cc1n(c2=O)Cc2c-1nc1cc(F)c(C)c3c1c2[C@@H](NCc1ccc(NC(=O)[C@@H](N)CCCNC(N)=O)cn1)CC3. The summed E-state index contributed by atoms with van der Waals surface area (Å²) in [6.45, 7) is 4.11. The minimum atomic E-state index is -1.96. The molecule has 0 spiro atoms. The molecule has 14 nitrogen and oxygen atoms in total. The highest BCUT2D eigenvalue weighted by atomic mass is 19.1. The Morgan fingerprint density at radius 2 is 2.02 bits per heavy atom. The molecule has 0 saturated carbocycles. The average Bonchev–Trinajstić information content (AvgIpc) is 3.49. The van der Waals surface area contributed by atoms with Crippen LogP contribution in [0, 0.1) is 12.7 Å². The third kappa shape index (κ3) is 5.90. The Hall–Kier alpha value is -5.25. The number of hydrogen-bond acceptors (Lipinski definition) is 10. The van der Waals surface area contributed by atoms with E-state index in [2.05, 4.69) is 20.9 Å². The van der Waals surface area contributed by atoms with Crippen LogP contribution in [-0.4, -0.2) is 50.1 Å². The first kappa shape index (κ1) is 34.2. The molecule has 4 aromatic rings. The van der Waals surface area contributed by atoms with E-state index in [1.807, 2.05) is 0 Å². The number of primary amides is 1. The standard InChI is InChI=1S/C36H39FN8O6/c1-3-36(50)23-11-28-31-21(15-45(28)33(47)22(23)16-51-34(36)48)30-26(9-8-20-17(2)24(37)12-27(44-31)29(20)30)42-13-18-6-7-19(14-41-18)43-32(46)25(38)5-4-10-40-35(39)49/h6-7,11-12,14,25-26,42,50H,3-5,8-10,13,15-16,38H2,1-2H3,(H,43,46)(H3,39,40,49)/t25-,26-,36-/m0/s1. The summed E-state index contributed by atoms with van der Waals surface area (Å²) < 4.78 is 22.1. The maximum atomic E-state index is 15.2. The largest absolute Gasteiger partial charge is 0.458 e. The van der Waals surface area contributed by atoms with Gasteiger partial charge >= 0.3 is 12.0 Å². The van der Waals surface area contributed by atoms with Gasteiger partial charge in [-0.25, -0.2) is 19.0 Å². The number of urea groups is 1. The number of benzene rings is 1. The molecular formula is C36H39FN8O6. The number of cyclic esters (lactones) is 1. The zero-order valence-electron chi connectivity index (χ0n) is 28.3. The number of carbonyl (C=O) groups excluding carboxylic acids is 3. The molecule has 0 bridgehead atoms. The number of anilines is 1. The summed E-state index contributed by atoms with van der Waals surface area (Å²) in [7, 11) is 0. The van der Waals surface area contributed by atoms with Crippen molar-refractivity contribution in [3.63, 3.8) is 0 Å². The number of ether oxygens (including phenoxy) is 1. The number of esters is 1. The van der Waals surface area contributed by atoms with E-state index < -0.39 is 23.6 Å². The Labute approximate surface area is 291 Å². The van der Waals surface area contributed by atoms with Crippen molar-refractivity contribution in [3.8, 4) is 11.4 Å². The zero-order valence-corrected chi connectivity index (χ0v) is 28.3. The lowest BCUT2D eigenvalue weighted by Gasteiger charge is -2.31. The first-order valence-electron chi connectivity index (χ1n) is 17.0. The van der Waals surface area contributed by atoms with Gasteiger partial charge in [-0.15, -0.1) is 0 Å². The van der Waals surface area contributed by atoms with Crippen LogP contribution >= 0.6 is 0 Å². The van der Waals surface area contributed by atoms with E-state index in [9.17, 15) is 24.3 Å². The lowest BCUT2D eigenvalue weighted by molar-refractivity contribution is -0.172. The Morgan fingerprint density at radius 3 is 2.75 bits per heavy atom. The maximum absolute atomic E-state index is 15.2. The van der Waals surface area contributed by atoms with Crippen LogP contribution in [0.2, 0.25) is 0 Å². The number of aromatic nitrogens is 3. The highest BCUT2D eigenvalue weighted by Crippen LogP contribution is 2.46. The zero-order chi connectivity index (χ0) is 36.2. The number of aliphatic hydroxyl groups is 1. The molecule has 0 unspecified atom stereocenters. The van der Waals surface area contributed by atoms with Crippen LogP contribution in [-0.2, 0) is 46.0 Å². The molecule has 15 heteroatoms. The third-order valence-electron chi connectivity index (χ3n) is 10.3. The van der Waals surface area contributed by atoms with Gasteiger partial charge in [-0.05, 0) is 73.9 Å². The summed E-state index contributed by atoms with van der Waals surface area (Å²) in [5, 5.41) is 21.0. The van der Waals surface area contributed by atoms with Crippen molar-refractivity contribution < 1.29 is 28.6 Å². The number of carbonyl (C=O) groups is 3. The van der Waals surface area contributed by atoms with Crippen molar-refractivity contribution in [2.24, 2.45) is 11.5 Å². The van der Waals surface area contributed by atoms with E-state index in [-0.39, 0.29) is 54.0 Å². The molecular weight excluding hydrogens is 659 g/mol. The highest BCUT2D eigenvalue weighted by molar-refractivity contribution is 5.95. The minimum absolute atomic E-state index is 0.0251. The smallest absolute Gasteiger partial charge is 0.343 e. The third-order valence-corrected chi connectivity index (χ3v) is 10.3. The molecule has 266 valence electrons. The van der Waals surface area contributed by atoms with Gasteiger partial charge < -0.3 is 41.8 Å². The van der Waals surface area contributed by atoms with Crippen molar-refractivity contribution in [2.45, 2.75) is 83.3 Å². The van der Waals surface area contributed by atoms with E-state index >= 15 is 4.39 Å². The molecule has 0 fully saturated rings. The summed E-state index contributed by atoms with van der Waals surface area (Å²) in [6, 6.07) is 5.03. The predicted octanol–water partition coefficient (Wildman–Crippen LogP) is 2.41. The fraction of sp³-hybridized carbons (Fsp3) is 0.389. The molecule has 0 radical (unpaired) electrons. The van der Waals surface area contributed by atoms with Crippen molar-refractivity contribution >= 4 is 34.5 Å². The number of rotatable bonds is 10. The lowest BCUT2D eigenvalue weighted by atomic mass is 9.81. The summed E-state index contributed by atoms with van der Waals surface area (Å²) in [6.07, 6.45) is 3.71. The average molecular weight is 699 g/mol. The number of hydrogen-bond donors (Lipinski definition) is 6. The summed E-state index contributed by atoms with van der Waals surface area (Å²) in [5.41, 5.74) is 15.0. The second kappa shape index (κ2) is 13.1. The van der Waals surface area contributed by atoms with Gasteiger partial charge in [-0.2, -0.15) is 0 Å². The highest BCUT2D eigenvalue weighted by Gasteiger charge is 2.46. The van der Waals surface area contributed by atoms with Gasteiger partial charge in [0.25, 0.3) is 5.56 Å². The van der Waals surface area contributed by atoms with Crippen LogP contribution in [0.4, 0.5) is 14.9 Å². The summed E-state index contributed by atoms with van der Waals surface area (Å²) >= 11 is 0. The van der Waals surface area contributed by atoms with Gasteiger partial charge in [0.15, 0.2) is 5.60 Å². The number of nitrogens with zero attached hydrogens (tertiary/aromatic N) is 3. The van der Waals surface area contributed by atoms with Crippen LogP contribution in [0.1, 0.15) is 77.7 Å². The number of nitrogens with one attached hydrogen (secondary N) is 3. The van der Waals surface area contributed by atoms with Crippen LogP contribution in [0.3, 0.4) is 0 Å². The number of aryl methyl sites for hydroxylation is 1. The Morgan fingerprint density at radius 1 is 1.22 bits per heavy atom. The first-order valence-corrected chi connectivity index (χ1v) is 17.0. The number of fused-ring (bicyclic) bond motifs is 5. The molecule has 3 aromatic heterocycles.